The highest BCUT2D eigenvalue weighted by atomic mass is 32.2. The molecule has 1 aromatic heterocycles. The molecular weight excluding hydrogens is 232 g/mol. The summed E-state index contributed by atoms with van der Waals surface area (Å²) in [4.78, 5) is 4.30. The molecule has 1 rings (SSSR count). The lowest BCUT2D eigenvalue weighted by atomic mass is 9.97. The van der Waals surface area contributed by atoms with Gasteiger partial charge >= 0.3 is 0 Å². The van der Waals surface area contributed by atoms with Crippen molar-refractivity contribution < 1.29 is 5.11 Å². The molecular formula is C13H22N2OS. The Morgan fingerprint density at radius 3 is 2.82 bits per heavy atom. The van der Waals surface area contributed by atoms with E-state index in [4.69, 9.17) is 5.11 Å². The smallest absolute Gasteiger partial charge is 0.126 e. The Morgan fingerprint density at radius 1 is 1.41 bits per heavy atom. The number of pyridine rings is 1. The Kier molecular flexibility index (Phi) is 5.78. The molecule has 2 N–H and O–H groups in total. The van der Waals surface area contributed by atoms with Crippen molar-refractivity contribution in [1.82, 2.24) is 4.98 Å². The Bertz CT molecular complexity index is 336. The van der Waals surface area contributed by atoms with E-state index in [0.717, 1.165) is 23.9 Å². The zero-order valence-electron chi connectivity index (χ0n) is 10.9. The second-order valence-electron chi connectivity index (χ2n) is 5.24. The molecule has 0 bridgehead atoms. The van der Waals surface area contributed by atoms with Gasteiger partial charge in [-0.05, 0) is 23.1 Å². The maximum atomic E-state index is 8.73. The van der Waals surface area contributed by atoms with Crippen molar-refractivity contribution >= 4 is 17.6 Å². The highest BCUT2D eigenvalue weighted by molar-refractivity contribution is 7.98. The first-order chi connectivity index (χ1) is 8.01. The molecule has 0 aromatic carbocycles. The van der Waals surface area contributed by atoms with Crippen molar-refractivity contribution in [3.63, 3.8) is 0 Å². The maximum Gasteiger partial charge on any atom is 0.126 e. The van der Waals surface area contributed by atoms with E-state index >= 15 is 0 Å². The Balaban J connectivity index is 2.48. The fourth-order valence-electron chi connectivity index (χ4n) is 1.27. The first-order valence-corrected chi connectivity index (χ1v) is 7.04. The fraction of sp³-hybridized carbons (Fsp3) is 0.615. The van der Waals surface area contributed by atoms with Gasteiger partial charge in [0.1, 0.15) is 5.82 Å². The predicted octanol–water partition coefficient (Wildman–Crippen LogP) is 2.77. The summed E-state index contributed by atoms with van der Waals surface area (Å²) in [5, 5.41) is 12.1. The summed E-state index contributed by atoms with van der Waals surface area (Å²) in [6.07, 6.45) is 1.83. The van der Waals surface area contributed by atoms with Crippen LogP contribution in [-0.4, -0.2) is 29.0 Å². The predicted molar refractivity (Wildman–Crippen MR) is 75.4 cm³/mol. The first kappa shape index (κ1) is 14.3. The van der Waals surface area contributed by atoms with Crippen molar-refractivity contribution in [1.29, 1.82) is 0 Å². The van der Waals surface area contributed by atoms with E-state index in [9.17, 15) is 0 Å². The molecule has 0 amide bonds. The summed E-state index contributed by atoms with van der Waals surface area (Å²) >= 11 is 1.73. The molecule has 1 heterocycles. The second-order valence-corrected chi connectivity index (χ2v) is 6.34. The van der Waals surface area contributed by atoms with E-state index in [-0.39, 0.29) is 12.0 Å². The van der Waals surface area contributed by atoms with Gasteiger partial charge in [-0.25, -0.2) is 4.98 Å². The minimum atomic E-state index is 0.241. The highest BCUT2D eigenvalue weighted by Crippen LogP contribution is 2.17. The van der Waals surface area contributed by atoms with Crippen molar-refractivity contribution in [3.8, 4) is 0 Å². The summed E-state index contributed by atoms with van der Waals surface area (Å²) in [5.41, 5.74) is 1.50. The molecule has 1 aromatic rings. The SMILES string of the molecule is CC(C)(C)CNc1cc(CSCCO)ccn1. The fourth-order valence-corrected chi connectivity index (χ4v) is 1.96. The normalized spacial score (nSPS) is 11.5. The molecule has 3 nitrogen and oxygen atoms in total. The minimum Gasteiger partial charge on any atom is -0.396 e. The summed E-state index contributed by atoms with van der Waals surface area (Å²) < 4.78 is 0. The molecule has 17 heavy (non-hydrogen) atoms. The second kappa shape index (κ2) is 6.87. The number of rotatable bonds is 6. The van der Waals surface area contributed by atoms with Gasteiger partial charge in [-0.3, -0.25) is 0 Å². The number of thioether (sulfide) groups is 1. The number of nitrogens with one attached hydrogen (secondary N) is 1. The van der Waals surface area contributed by atoms with Gasteiger partial charge in [0.15, 0.2) is 0 Å². The molecule has 4 heteroatoms. The first-order valence-electron chi connectivity index (χ1n) is 5.89. The van der Waals surface area contributed by atoms with Gasteiger partial charge in [0, 0.05) is 24.2 Å². The number of aromatic nitrogens is 1. The standard InChI is InChI=1S/C13H22N2OS/c1-13(2,3)10-15-12-8-11(4-5-14-12)9-17-7-6-16/h4-5,8,16H,6-7,9-10H2,1-3H3,(H,14,15). The quantitative estimate of drug-likeness (QED) is 0.766. The van der Waals surface area contributed by atoms with Crippen LogP contribution in [-0.2, 0) is 5.75 Å². The molecule has 0 saturated heterocycles. The van der Waals surface area contributed by atoms with Crippen molar-refractivity contribution in [2.24, 2.45) is 5.41 Å². The molecule has 96 valence electrons. The zero-order chi connectivity index (χ0) is 12.7. The molecule has 0 atom stereocenters. The third-order valence-electron chi connectivity index (χ3n) is 2.13. The number of aliphatic hydroxyl groups is 1. The van der Waals surface area contributed by atoms with Gasteiger partial charge in [0.05, 0.1) is 6.61 Å². The van der Waals surface area contributed by atoms with Crippen LogP contribution in [0.5, 0.6) is 0 Å². The Labute approximate surface area is 108 Å². The van der Waals surface area contributed by atoms with Gasteiger partial charge in [0.25, 0.3) is 0 Å². The van der Waals surface area contributed by atoms with Crippen LogP contribution in [0.15, 0.2) is 18.3 Å². The van der Waals surface area contributed by atoms with Crippen LogP contribution in [0, 0.1) is 5.41 Å². The molecule has 0 radical (unpaired) electrons. The van der Waals surface area contributed by atoms with E-state index in [2.05, 4.69) is 37.1 Å². The average Bonchev–Trinajstić information content (AvgIpc) is 2.27. The van der Waals surface area contributed by atoms with Gasteiger partial charge in [-0.1, -0.05) is 20.8 Å². The van der Waals surface area contributed by atoms with Gasteiger partial charge in [0.2, 0.25) is 0 Å². The van der Waals surface area contributed by atoms with Crippen molar-refractivity contribution in [2.45, 2.75) is 26.5 Å². The molecule has 0 unspecified atom stereocenters. The largest absolute Gasteiger partial charge is 0.396 e. The molecule has 0 aliphatic carbocycles. The summed E-state index contributed by atoms with van der Waals surface area (Å²) in [5.74, 6) is 2.64. The van der Waals surface area contributed by atoms with Gasteiger partial charge in [-0.2, -0.15) is 11.8 Å². The van der Waals surface area contributed by atoms with Crippen LogP contribution in [0.2, 0.25) is 0 Å². The molecule has 0 saturated carbocycles. The highest BCUT2D eigenvalue weighted by Gasteiger charge is 2.09. The van der Waals surface area contributed by atoms with Crippen LogP contribution < -0.4 is 5.32 Å². The lowest BCUT2D eigenvalue weighted by molar-refractivity contribution is 0.322. The lowest BCUT2D eigenvalue weighted by Crippen LogP contribution is -2.19. The lowest BCUT2D eigenvalue weighted by Gasteiger charge is -2.19. The van der Waals surface area contributed by atoms with Crippen molar-refractivity contribution in [2.75, 3.05) is 24.2 Å². The number of anilines is 1. The number of hydrogen-bond donors (Lipinski definition) is 2. The average molecular weight is 254 g/mol. The summed E-state index contributed by atoms with van der Waals surface area (Å²) in [6.45, 7) is 7.74. The molecule has 0 aliphatic heterocycles. The van der Waals surface area contributed by atoms with E-state index in [1.54, 1.807) is 11.8 Å². The molecule has 0 fully saturated rings. The van der Waals surface area contributed by atoms with E-state index in [1.165, 1.54) is 5.56 Å². The Hall–Kier alpha value is -0.740. The van der Waals surface area contributed by atoms with Gasteiger partial charge < -0.3 is 10.4 Å². The van der Waals surface area contributed by atoms with E-state index in [1.807, 2.05) is 12.3 Å². The third kappa shape index (κ3) is 6.54. The van der Waals surface area contributed by atoms with Crippen LogP contribution in [0.1, 0.15) is 26.3 Å². The Morgan fingerprint density at radius 2 is 2.18 bits per heavy atom. The minimum absolute atomic E-state index is 0.241. The summed E-state index contributed by atoms with van der Waals surface area (Å²) in [6, 6.07) is 4.10. The van der Waals surface area contributed by atoms with Crippen LogP contribution in [0.3, 0.4) is 0 Å². The van der Waals surface area contributed by atoms with E-state index in [0.29, 0.717) is 0 Å². The zero-order valence-corrected chi connectivity index (χ0v) is 11.7. The molecule has 0 aliphatic rings. The van der Waals surface area contributed by atoms with Crippen LogP contribution in [0.4, 0.5) is 5.82 Å². The third-order valence-corrected chi connectivity index (χ3v) is 3.14. The maximum absolute atomic E-state index is 8.73. The van der Waals surface area contributed by atoms with Crippen LogP contribution in [0.25, 0.3) is 0 Å². The number of nitrogens with zero attached hydrogens (tertiary/aromatic N) is 1. The van der Waals surface area contributed by atoms with Crippen LogP contribution >= 0.6 is 11.8 Å². The number of aliphatic hydroxyl groups excluding tert-OH is 1. The summed E-state index contributed by atoms with van der Waals surface area (Å²) in [7, 11) is 0. The van der Waals surface area contributed by atoms with Crippen molar-refractivity contribution in [3.05, 3.63) is 23.9 Å². The van der Waals surface area contributed by atoms with Gasteiger partial charge in [-0.15, -0.1) is 0 Å². The van der Waals surface area contributed by atoms with E-state index < -0.39 is 0 Å². The monoisotopic (exact) mass is 254 g/mol. The number of hydrogen-bond acceptors (Lipinski definition) is 4. The topological polar surface area (TPSA) is 45.1 Å². The molecule has 0 spiro atoms.